The number of phosphoric ester groups is 1. The first-order valence-corrected chi connectivity index (χ1v) is 17.2. The Kier molecular flexibility index (Phi) is 10.3. The van der Waals surface area contributed by atoms with Gasteiger partial charge in [0.25, 0.3) is 5.69 Å². The molecule has 45 heavy (non-hydrogen) atoms. The molecular weight excluding hydrogens is 667 g/mol. The van der Waals surface area contributed by atoms with E-state index in [-0.39, 0.29) is 42.4 Å². The van der Waals surface area contributed by atoms with Crippen molar-refractivity contribution in [3.05, 3.63) is 39.4 Å². The van der Waals surface area contributed by atoms with Crippen LogP contribution in [0.1, 0.15) is 30.4 Å². The van der Waals surface area contributed by atoms with Crippen LogP contribution in [0.15, 0.2) is 33.2 Å². The lowest BCUT2D eigenvalue weighted by Gasteiger charge is -2.35. The summed E-state index contributed by atoms with van der Waals surface area (Å²) < 4.78 is 52.0. The molecule has 24 heteroatoms. The number of nitro benzene ring substituents is 1. The normalized spacial score (nSPS) is 27.8. The quantitative estimate of drug-likeness (QED) is 0.0672. The molecule has 246 valence electrons. The summed E-state index contributed by atoms with van der Waals surface area (Å²) in [6, 6.07) is 4.41. The van der Waals surface area contributed by atoms with Crippen molar-refractivity contribution in [1.29, 1.82) is 0 Å². The Balaban J connectivity index is 1.46. The van der Waals surface area contributed by atoms with Crippen LogP contribution in [0.25, 0.3) is 0 Å². The van der Waals surface area contributed by atoms with E-state index in [1.165, 1.54) is 17.0 Å². The summed E-state index contributed by atoms with van der Waals surface area (Å²) in [5, 5.41) is 22.4. The molecule has 0 bridgehead atoms. The van der Waals surface area contributed by atoms with Gasteiger partial charge in [0.15, 0.2) is 11.5 Å². The van der Waals surface area contributed by atoms with E-state index in [2.05, 4.69) is 40.0 Å². The van der Waals surface area contributed by atoms with Gasteiger partial charge in [-0.3, -0.25) is 19.6 Å². The van der Waals surface area contributed by atoms with Gasteiger partial charge in [0.1, 0.15) is 31.1 Å². The third-order valence-corrected chi connectivity index (χ3v) is 10.6. The molecule has 4 rings (SSSR count). The van der Waals surface area contributed by atoms with Gasteiger partial charge in [-0.15, -0.1) is 0 Å². The van der Waals surface area contributed by atoms with Crippen LogP contribution >= 0.6 is 23.5 Å². The molecule has 1 saturated heterocycles. The highest BCUT2D eigenvalue weighted by Gasteiger charge is 2.50. The number of nitro groups is 1. The fraction of sp³-hybridized carbons (Fsp3) is 0.476. The molecule has 1 aromatic carbocycles. The second-order valence-electron chi connectivity index (χ2n) is 9.72. The second-order valence-corrected chi connectivity index (χ2v) is 14.1. The summed E-state index contributed by atoms with van der Waals surface area (Å²) in [6.07, 6.45) is -2.50. The third-order valence-electron chi connectivity index (χ3n) is 6.75. The number of rotatable bonds is 11. The third kappa shape index (κ3) is 8.16. The largest absolute Gasteiger partial charge is 0.490 e. The summed E-state index contributed by atoms with van der Waals surface area (Å²) >= 11 is 0. The van der Waals surface area contributed by atoms with Crippen LogP contribution in [0, 0.1) is 22.0 Å². The van der Waals surface area contributed by atoms with Crippen LogP contribution in [0.2, 0.25) is 0 Å². The van der Waals surface area contributed by atoms with Crippen LogP contribution in [-0.2, 0) is 31.6 Å². The number of phosphoric acid groups is 3. The number of fused-ring (bicyclic) bond motifs is 1. The highest BCUT2D eigenvalue weighted by Crippen LogP contribution is 2.66. The minimum Gasteiger partial charge on any atom is -0.390 e. The Morgan fingerprint density at radius 3 is 2.60 bits per heavy atom. The van der Waals surface area contributed by atoms with Crippen molar-refractivity contribution in [1.82, 2.24) is 4.90 Å². The maximum atomic E-state index is 12.1. The summed E-state index contributed by atoms with van der Waals surface area (Å²) in [4.78, 5) is 62.1. The topological polar surface area (TPSA) is 325 Å². The fourth-order valence-corrected chi connectivity index (χ4v) is 7.74. The molecule has 0 aromatic heterocycles. The van der Waals surface area contributed by atoms with Crippen molar-refractivity contribution in [3.8, 4) is 11.8 Å². The van der Waals surface area contributed by atoms with E-state index in [1.54, 1.807) is 13.0 Å². The van der Waals surface area contributed by atoms with Gasteiger partial charge < -0.3 is 45.8 Å². The number of aliphatic imine (C=N–C) groups is 3. The Labute approximate surface area is 254 Å². The van der Waals surface area contributed by atoms with Crippen LogP contribution < -0.4 is 11.5 Å². The van der Waals surface area contributed by atoms with Gasteiger partial charge in [-0.05, 0) is 6.07 Å². The predicted octanol–water partition coefficient (Wildman–Crippen LogP) is -0.363. The van der Waals surface area contributed by atoms with E-state index in [9.17, 15) is 38.7 Å². The van der Waals surface area contributed by atoms with Gasteiger partial charge >= 0.3 is 23.5 Å². The number of hydrogen-bond acceptors (Lipinski definition) is 16. The molecule has 7 atom stereocenters. The van der Waals surface area contributed by atoms with Gasteiger partial charge in [0.05, 0.1) is 24.2 Å². The standard InChI is InChI=1S/C21H28N7O14P3/c1-12(14-5-4-13(3-2-6-22)7-15(14)28(30)31)21(23)19-20(24-10-26-21)27(11-25-19)18-8-16(29)17(40-18)9-39-44(35,36)42-45(37,38)41-43(32,33)34/h4-5,7,10,12,16-18,29H,6,8-9,11,22-23H2,1H3,(H,35,36)(H,37,38)(H2,32,33,34)/t12?,16-,17+,18+,21?/m0/s1. The lowest BCUT2D eigenvalue weighted by molar-refractivity contribution is -0.385. The predicted molar refractivity (Wildman–Crippen MR) is 154 cm³/mol. The lowest BCUT2D eigenvalue weighted by Crippen LogP contribution is -2.57. The molecule has 3 aliphatic rings. The molecule has 1 aromatic rings. The molecule has 0 aliphatic carbocycles. The summed E-state index contributed by atoms with van der Waals surface area (Å²) in [5.74, 6) is 4.77. The van der Waals surface area contributed by atoms with E-state index in [0.29, 0.717) is 5.56 Å². The first kappa shape index (κ1) is 35.1. The number of ether oxygens (including phenoxy) is 1. The molecule has 9 N–H and O–H groups in total. The number of hydrogen-bond donors (Lipinski definition) is 7. The number of nitrogens with two attached hydrogens (primary N) is 2. The maximum absolute atomic E-state index is 12.1. The molecule has 1 fully saturated rings. The molecule has 4 unspecified atom stereocenters. The SMILES string of the molecule is CC(c1ccc(C#CCN)cc1[N+](=O)[O-])C1(N)N=CN=C2C1=NCN2[C@H]1C[C@H](O)[C@@H](COP(=O)(O)OP(=O)(O)OP(=O)(O)O)O1. The first-order valence-electron chi connectivity index (χ1n) is 12.7. The molecule has 3 aliphatic heterocycles. The summed E-state index contributed by atoms with van der Waals surface area (Å²) in [6.45, 7) is 0.748. The Morgan fingerprint density at radius 1 is 1.24 bits per heavy atom. The minimum atomic E-state index is -5.73. The van der Waals surface area contributed by atoms with Crippen molar-refractivity contribution >= 4 is 47.0 Å². The van der Waals surface area contributed by atoms with Crippen LogP contribution in [0.5, 0.6) is 0 Å². The molecule has 0 radical (unpaired) electrons. The molecule has 21 nitrogen and oxygen atoms in total. The van der Waals surface area contributed by atoms with Crippen LogP contribution in [0.3, 0.4) is 0 Å². The highest BCUT2D eigenvalue weighted by molar-refractivity contribution is 7.66. The van der Waals surface area contributed by atoms with Crippen molar-refractivity contribution < 1.29 is 61.2 Å². The Hall–Kier alpha value is -2.76. The Bertz CT molecular complexity index is 1650. The van der Waals surface area contributed by atoms with Crippen LogP contribution in [-0.4, -0.2) is 96.3 Å². The second kappa shape index (κ2) is 13.2. The van der Waals surface area contributed by atoms with Crippen molar-refractivity contribution in [2.45, 2.75) is 43.4 Å². The average molecular weight is 695 g/mol. The molecule has 0 amide bonds. The van der Waals surface area contributed by atoms with E-state index in [0.717, 1.165) is 6.34 Å². The molecular formula is C21H28N7O14P3. The number of nitrogens with zero attached hydrogens (tertiary/aromatic N) is 5. The monoisotopic (exact) mass is 695 g/mol. The Morgan fingerprint density at radius 2 is 1.96 bits per heavy atom. The number of aliphatic hydroxyl groups excluding tert-OH is 1. The van der Waals surface area contributed by atoms with Gasteiger partial charge in [-0.1, -0.05) is 24.8 Å². The fourth-order valence-electron chi connectivity index (χ4n) is 4.71. The van der Waals surface area contributed by atoms with Crippen molar-refractivity contribution in [3.63, 3.8) is 0 Å². The van der Waals surface area contributed by atoms with Gasteiger partial charge in [0.2, 0.25) is 0 Å². The lowest BCUT2D eigenvalue weighted by atomic mass is 9.82. The van der Waals surface area contributed by atoms with Crippen molar-refractivity contribution in [2.75, 3.05) is 19.8 Å². The van der Waals surface area contributed by atoms with Crippen LogP contribution in [0.4, 0.5) is 5.69 Å². The zero-order valence-electron chi connectivity index (χ0n) is 23.1. The summed E-state index contributed by atoms with van der Waals surface area (Å²) in [5.41, 5.74) is 11.1. The maximum Gasteiger partial charge on any atom is 0.490 e. The minimum absolute atomic E-state index is 0.0707. The van der Waals surface area contributed by atoms with Gasteiger partial charge in [-0.25, -0.2) is 23.7 Å². The molecule has 3 heterocycles. The smallest absolute Gasteiger partial charge is 0.390 e. The molecule has 0 spiro atoms. The van der Waals surface area contributed by atoms with E-state index < -0.39 is 65.0 Å². The number of amidine groups is 1. The highest BCUT2D eigenvalue weighted by atomic mass is 31.3. The van der Waals surface area contributed by atoms with Gasteiger partial charge in [0, 0.05) is 29.5 Å². The number of aliphatic hydroxyl groups is 1. The zero-order chi connectivity index (χ0) is 33.4. The van der Waals surface area contributed by atoms with E-state index in [4.69, 9.17) is 26.0 Å². The number of benzene rings is 1. The zero-order valence-corrected chi connectivity index (χ0v) is 25.8. The average Bonchev–Trinajstić information content (AvgIpc) is 3.52. The van der Waals surface area contributed by atoms with E-state index >= 15 is 0 Å². The molecule has 0 saturated carbocycles. The van der Waals surface area contributed by atoms with E-state index in [1.807, 2.05) is 0 Å². The van der Waals surface area contributed by atoms with Crippen molar-refractivity contribution in [2.24, 2.45) is 26.4 Å². The summed E-state index contributed by atoms with van der Waals surface area (Å²) in [7, 11) is -16.8. The first-order chi connectivity index (χ1) is 20.9. The van der Waals surface area contributed by atoms with Gasteiger partial charge in [-0.2, -0.15) is 8.62 Å².